The Labute approximate surface area is 179 Å². The molecule has 30 heavy (non-hydrogen) atoms. The molecular weight excluding hydrogens is 430 g/mol. The fraction of sp³-hybridized carbons (Fsp3) is 0.368. The van der Waals surface area contributed by atoms with Crippen molar-refractivity contribution in [2.24, 2.45) is 0 Å². The molecule has 2 aromatic rings. The van der Waals surface area contributed by atoms with E-state index in [2.05, 4.69) is 10.9 Å². The maximum atomic E-state index is 12.8. The Bertz CT molecular complexity index is 1030. The Morgan fingerprint density at radius 3 is 2.47 bits per heavy atom. The molecule has 1 aliphatic rings. The second kappa shape index (κ2) is 9.45. The van der Waals surface area contributed by atoms with Gasteiger partial charge in [-0.3, -0.25) is 20.4 Å². The Hall–Kier alpha value is -2.63. The second-order valence-corrected chi connectivity index (χ2v) is 9.25. The lowest BCUT2D eigenvalue weighted by Crippen LogP contribution is -2.42. The van der Waals surface area contributed by atoms with Gasteiger partial charge < -0.3 is 9.47 Å². The van der Waals surface area contributed by atoms with Gasteiger partial charge in [-0.1, -0.05) is 0 Å². The standard InChI is InChI=1S/C19H23N3O6S2/c1-3-28-14-7-6-13(12-15(14)27-2)18(23)20-21-19(24)17-16(8-11-29-17)30(25,26)22-9-4-5-10-22/h6-8,11-12H,3-5,9-10H2,1-2H3,(H,20,23)(H,21,24). The Kier molecular flexibility index (Phi) is 6.95. The van der Waals surface area contributed by atoms with Crippen molar-refractivity contribution in [2.45, 2.75) is 24.7 Å². The predicted molar refractivity (Wildman–Crippen MR) is 111 cm³/mol. The first kappa shape index (κ1) is 22.1. The smallest absolute Gasteiger partial charge is 0.281 e. The van der Waals surface area contributed by atoms with Gasteiger partial charge in [0.15, 0.2) is 11.5 Å². The summed E-state index contributed by atoms with van der Waals surface area (Å²) in [5, 5.41) is 1.54. The van der Waals surface area contributed by atoms with Gasteiger partial charge in [0.25, 0.3) is 11.8 Å². The van der Waals surface area contributed by atoms with Crippen molar-refractivity contribution in [3.8, 4) is 11.5 Å². The zero-order valence-corrected chi connectivity index (χ0v) is 18.3. The van der Waals surface area contributed by atoms with E-state index in [0.717, 1.165) is 24.2 Å². The number of amides is 2. The van der Waals surface area contributed by atoms with E-state index in [1.807, 2.05) is 6.92 Å². The van der Waals surface area contributed by atoms with Gasteiger partial charge in [-0.05, 0) is 49.4 Å². The summed E-state index contributed by atoms with van der Waals surface area (Å²) in [6.45, 7) is 3.16. The summed E-state index contributed by atoms with van der Waals surface area (Å²) in [6, 6.07) is 6.02. The van der Waals surface area contributed by atoms with E-state index < -0.39 is 21.8 Å². The van der Waals surface area contributed by atoms with E-state index in [1.165, 1.54) is 35.0 Å². The van der Waals surface area contributed by atoms with Crippen molar-refractivity contribution in [3.05, 3.63) is 40.1 Å². The van der Waals surface area contributed by atoms with Crippen LogP contribution < -0.4 is 20.3 Å². The summed E-state index contributed by atoms with van der Waals surface area (Å²) < 4.78 is 37.5. The molecule has 0 unspecified atom stereocenters. The molecule has 1 saturated heterocycles. The highest BCUT2D eigenvalue weighted by Gasteiger charge is 2.32. The SMILES string of the molecule is CCOc1ccc(C(=O)NNC(=O)c2sccc2S(=O)(=O)N2CCCC2)cc1OC. The molecular formula is C19H23N3O6S2. The first-order valence-electron chi connectivity index (χ1n) is 9.37. The van der Waals surface area contributed by atoms with Gasteiger partial charge in [0.2, 0.25) is 10.0 Å². The van der Waals surface area contributed by atoms with E-state index in [0.29, 0.717) is 31.2 Å². The molecule has 0 atom stereocenters. The van der Waals surface area contributed by atoms with Crippen LogP contribution in [0.15, 0.2) is 34.5 Å². The number of nitrogens with zero attached hydrogens (tertiary/aromatic N) is 1. The third-order valence-corrected chi connectivity index (χ3v) is 7.52. The molecule has 0 radical (unpaired) electrons. The zero-order valence-electron chi connectivity index (χ0n) is 16.6. The van der Waals surface area contributed by atoms with Crippen LogP contribution in [0.3, 0.4) is 0 Å². The van der Waals surface area contributed by atoms with Crippen LogP contribution in [0.4, 0.5) is 0 Å². The van der Waals surface area contributed by atoms with Gasteiger partial charge in [0.05, 0.1) is 13.7 Å². The molecule has 0 saturated carbocycles. The average molecular weight is 454 g/mol. The molecule has 2 heterocycles. The number of hydrazine groups is 1. The maximum Gasteiger partial charge on any atom is 0.281 e. The minimum Gasteiger partial charge on any atom is -0.493 e. The highest BCUT2D eigenvalue weighted by molar-refractivity contribution is 7.89. The van der Waals surface area contributed by atoms with Gasteiger partial charge in [0.1, 0.15) is 9.77 Å². The Morgan fingerprint density at radius 1 is 1.10 bits per heavy atom. The number of hydrogen-bond acceptors (Lipinski definition) is 7. The maximum absolute atomic E-state index is 12.8. The van der Waals surface area contributed by atoms with E-state index in [-0.39, 0.29) is 15.3 Å². The summed E-state index contributed by atoms with van der Waals surface area (Å²) in [5.74, 6) is -0.400. The van der Waals surface area contributed by atoms with Gasteiger partial charge in [-0.25, -0.2) is 8.42 Å². The largest absolute Gasteiger partial charge is 0.493 e. The summed E-state index contributed by atoms with van der Waals surface area (Å²) in [4.78, 5) is 24.9. The van der Waals surface area contributed by atoms with Crippen LogP contribution in [-0.2, 0) is 10.0 Å². The van der Waals surface area contributed by atoms with Gasteiger partial charge >= 0.3 is 0 Å². The third kappa shape index (κ3) is 4.58. The van der Waals surface area contributed by atoms with Crippen molar-refractivity contribution >= 4 is 33.2 Å². The first-order chi connectivity index (χ1) is 14.4. The Balaban J connectivity index is 1.69. The molecule has 0 bridgehead atoms. The van der Waals surface area contributed by atoms with E-state index in [9.17, 15) is 18.0 Å². The number of carbonyl (C=O) groups excluding carboxylic acids is 2. The van der Waals surface area contributed by atoms with E-state index in [4.69, 9.17) is 9.47 Å². The number of methoxy groups -OCH3 is 1. The number of sulfonamides is 1. The minimum absolute atomic E-state index is 0.0199. The van der Waals surface area contributed by atoms with Crippen molar-refractivity contribution in [2.75, 3.05) is 26.8 Å². The number of hydrogen-bond donors (Lipinski definition) is 2. The molecule has 2 amide bonds. The topological polar surface area (TPSA) is 114 Å². The molecule has 0 aliphatic carbocycles. The predicted octanol–water partition coefficient (Wildman–Crippen LogP) is 2.01. The fourth-order valence-corrected chi connectivity index (χ4v) is 5.87. The minimum atomic E-state index is -3.74. The highest BCUT2D eigenvalue weighted by atomic mass is 32.2. The summed E-state index contributed by atoms with van der Waals surface area (Å²) in [5.41, 5.74) is 4.82. The number of benzene rings is 1. The average Bonchev–Trinajstić information content (AvgIpc) is 3.45. The molecule has 3 rings (SSSR count). The van der Waals surface area contributed by atoms with Gasteiger partial charge in [-0.15, -0.1) is 11.3 Å². The molecule has 0 spiro atoms. The quantitative estimate of drug-likeness (QED) is 0.620. The van der Waals surface area contributed by atoms with E-state index in [1.54, 1.807) is 6.07 Å². The van der Waals surface area contributed by atoms with Crippen LogP contribution in [0.1, 0.15) is 39.8 Å². The van der Waals surface area contributed by atoms with Gasteiger partial charge in [0, 0.05) is 18.7 Å². The van der Waals surface area contributed by atoms with Crippen molar-refractivity contribution in [1.29, 1.82) is 0 Å². The molecule has 2 N–H and O–H groups in total. The lowest BCUT2D eigenvalue weighted by Gasteiger charge is -2.16. The van der Waals surface area contributed by atoms with Crippen LogP contribution in [0.25, 0.3) is 0 Å². The molecule has 1 aromatic heterocycles. The number of nitrogens with one attached hydrogen (secondary N) is 2. The first-order valence-corrected chi connectivity index (χ1v) is 11.7. The van der Waals surface area contributed by atoms with Crippen LogP contribution in [-0.4, -0.2) is 51.3 Å². The number of ether oxygens (including phenoxy) is 2. The molecule has 11 heteroatoms. The molecule has 9 nitrogen and oxygen atoms in total. The number of thiophene rings is 1. The van der Waals surface area contributed by atoms with Gasteiger partial charge in [-0.2, -0.15) is 4.31 Å². The van der Waals surface area contributed by atoms with Crippen LogP contribution in [0.2, 0.25) is 0 Å². The highest BCUT2D eigenvalue weighted by Crippen LogP contribution is 2.29. The summed E-state index contributed by atoms with van der Waals surface area (Å²) in [6.07, 6.45) is 1.60. The lowest BCUT2D eigenvalue weighted by molar-refractivity contribution is 0.0847. The Morgan fingerprint density at radius 2 is 1.80 bits per heavy atom. The fourth-order valence-electron chi connectivity index (χ4n) is 3.06. The molecule has 1 fully saturated rings. The molecule has 162 valence electrons. The van der Waals surface area contributed by atoms with Crippen molar-refractivity contribution in [3.63, 3.8) is 0 Å². The normalized spacial score (nSPS) is 14.3. The lowest BCUT2D eigenvalue weighted by atomic mass is 10.2. The number of rotatable bonds is 7. The zero-order chi connectivity index (χ0) is 21.7. The molecule has 1 aromatic carbocycles. The summed E-state index contributed by atoms with van der Waals surface area (Å²) >= 11 is 0.999. The van der Waals surface area contributed by atoms with Crippen molar-refractivity contribution in [1.82, 2.24) is 15.2 Å². The number of carbonyl (C=O) groups is 2. The third-order valence-electron chi connectivity index (χ3n) is 4.53. The second-order valence-electron chi connectivity index (χ2n) is 6.43. The van der Waals surface area contributed by atoms with E-state index >= 15 is 0 Å². The molecule has 1 aliphatic heterocycles. The summed E-state index contributed by atoms with van der Waals surface area (Å²) in [7, 11) is -2.28. The van der Waals surface area contributed by atoms with Crippen molar-refractivity contribution < 1.29 is 27.5 Å². The van der Waals surface area contributed by atoms with Crippen LogP contribution in [0, 0.1) is 0 Å². The van der Waals surface area contributed by atoms with Crippen LogP contribution in [0.5, 0.6) is 11.5 Å². The van der Waals surface area contributed by atoms with Crippen LogP contribution >= 0.6 is 11.3 Å². The monoisotopic (exact) mass is 453 g/mol.